The highest BCUT2D eigenvalue weighted by Crippen LogP contribution is 2.35. The lowest BCUT2D eigenvalue weighted by molar-refractivity contribution is -0.141. The minimum Gasteiger partial charge on any atom is -0.451 e. The summed E-state index contributed by atoms with van der Waals surface area (Å²) in [6, 6.07) is 23.9. The van der Waals surface area contributed by atoms with E-state index >= 15 is 0 Å². The third-order valence-corrected chi connectivity index (χ3v) is 5.79. The molecule has 0 spiro atoms. The van der Waals surface area contributed by atoms with E-state index in [1.54, 1.807) is 11.1 Å². The van der Waals surface area contributed by atoms with E-state index < -0.39 is 24.5 Å². The summed E-state index contributed by atoms with van der Waals surface area (Å²) < 4.78 is 5.16. The smallest absolute Gasteiger partial charge is 0.355 e. The number of nitrogens with one attached hydrogen (secondary N) is 2. The number of nitrogens with zero attached hydrogens (tertiary/aromatic N) is 2. The van der Waals surface area contributed by atoms with Gasteiger partial charge in [0, 0.05) is 12.1 Å². The molecule has 3 amide bonds. The van der Waals surface area contributed by atoms with E-state index in [1.807, 2.05) is 86.6 Å². The highest BCUT2D eigenvalue weighted by Gasteiger charge is 2.33. The van der Waals surface area contributed by atoms with Crippen LogP contribution in [0.4, 0.5) is 16.2 Å². The van der Waals surface area contributed by atoms with Crippen molar-refractivity contribution in [2.75, 3.05) is 16.9 Å². The monoisotopic (exact) mass is 470 g/mol. The first-order valence-electron chi connectivity index (χ1n) is 11.2. The minimum absolute atomic E-state index is 0.182. The molecule has 1 unspecified atom stereocenters. The Labute approximate surface area is 203 Å². The number of amides is 3. The molecule has 0 aromatic heterocycles. The third kappa shape index (κ3) is 5.73. The van der Waals surface area contributed by atoms with Crippen molar-refractivity contribution >= 4 is 35.0 Å². The fourth-order valence-corrected chi connectivity index (χ4v) is 3.80. The van der Waals surface area contributed by atoms with Gasteiger partial charge in [-0.3, -0.25) is 15.1 Å². The first kappa shape index (κ1) is 23.7. The molecule has 1 atom stereocenters. The van der Waals surface area contributed by atoms with Gasteiger partial charge >= 0.3 is 12.0 Å². The van der Waals surface area contributed by atoms with Crippen LogP contribution in [-0.4, -0.2) is 30.2 Å². The quantitative estimate of drug-likeness (QED) is 0.517. The summed E-state index contributed by atoms with van der Waals surface area (Å²) in [6.07, 6.45) is 0.326. The number of carbonyl (C=O) groups excluding carboxylic acids is 3. The molecule has 1 aliphatic heterocycles. The lowest BCUT2D eigenvalue weighted by Gasteiger charge is -2.23. The number of urea groups is 1. The summed E-state index contributed by atoms with van der Waals surface area (Å²) in [5.41, 5.74) is 4.56. The Morgan fingerprint density at radius 2 is 1.63 bits per heavy atom. The molecule has 1 aliphatic rings. The predicted molar refractivity (Wildman–Crippen MR) is 134 cm³/mol. The Kier molecular flexibility index (Phi) is 7.21. The Balaban J connectivity index is 1.37. The van der Waals surface area contributed by atoms with Crippen LogP contribution in [0.25, 0.3) is 0 Å². The van der Waals surface area contributed by atoms with Crippen molar-refractivity contribution in [1.29, 1.82) is 0 Å². The predicted octanol–water partition coefficient (Wildman–Crippen LogP) is 4.50. The van der Waals surface area contributed by atoms with Gasteiger partial charge in [-0.05, 0) is 48.7 Å². The number of carbonyl (C=O) groups is 3. The molecule has 0 saturated heterocycles. The van der Waals surface area contributed by atoms with Gasteiger partial charge in [-0.2, -0.15) is 5.10 Å². The average Bonchev–Trinajstić information content (AvgIpc) is 3.32. The maximum Gasteiger partial charge on any atom is 0.355 e. The summed E-state index contributed by atoms with van der Waals surface area (Å²) in [4.78, 5) is 37.1. The second-order valence-corrected chi connectivity index (χ2v) is 8.18. The van der Waals surface area contributed by atoms with E-state index in [4.69, 9.17) is 4.74 Å². The molecular formula is C27H26N4O4. The van der Waals surface area contributed by atoms with Crippen LogP contribution in [-0.2, 0) is 14.3 Å². The number of aryl methyl sites for hydroxylation is 1. The zero-order valence-electron chi connectivity index (χ0n) is 19.5. The minimum atomic E-state index is -0.737. The second kappa shape index (κ2) is 10.6. The van der Waals surface area contributed by atoms with E-state index in [0.29, 0.717) is 12.1 Å². The fraction of sp³-hybridized carbons (Fsp3) is 0.185. The number of imide groups is 1. The van der Waals surface area contributed by atoms with Gasteiger partial charge in [0.1, 0.15) is 5.71 Å². The van der Waals surface area contributed by atoms with Gasteiger partial charge in [-0.1, -0.05) is 60.7 Å². The molecule has 0 radical (unpaired) electrons. The topological polar surface area (TPSA) is 100 Å². The van der Waals surface area contributed by atoms with Crippen LogP contribution in [0.2, 0.25) is 0 Å². The van der Waals surface area contributed by atoms with Gasteiger partial charge in [0.05, 0.1) is 11.7 Å². The van der Waals surface area contributed by atoms with Gasteiger partial charge < -0.3 is 10.1 Å². The highest BCUT2D eigenvalue weighted by atomic mass is 16.5. The van der Waals surface area contributed by atoms with Gasteiger partial charge in [0.25, 0.3) is 5.91 Å². The average molecular weight is 471 g/mol. The molecule has 8 nitrogen and oxygen atoms in total. The maximum atomic E-state index is 12.7. The summed E-state index contributed by atoms with van der Waals surface area (Å²) >= 11 is 0. The number of benzene rings is 3. The van der Waals surface area contributed by atoms with Crippen LogP contribution in [0, 0.1) is 13.8 Å². The Bertz CT molecular complexity index is 1260. The standard InChI is InChI=1S/C27H26N4O4/c1-18-10-9-15-22(19(18)2)28-27(34)29-25(32)17-35-26(33)23-16-24(20-11-5-3-6-12-20)31(30-23)21-13-7-4-8-14-21/h3-15,24H,16-17H2,1-2H3,(H2,28,29,32,34). The molecular weight excluding hydrogens is 444 g/mol. The Morgan fingerprint density at radius 3 is 2.34 bits per heavy atom. The first-order chi connectivity index (χ1) is 16.9. The molecule has 0 saturated carbocycles. The summed E-state index contributed by atoms with van der Waals surface area (Å²) in [7, 11) is 0. The molecule has 0 bridgehead atoms. The second-order valence-electron chi connectivity index (χ2n) is 8.18. The maximum absolute atomic E-state index is 12.7. The number of hydrogen-bond donors (Lipinski definition) is 2. The zero-order chi connectivity index (χ0) is 24.8. The largest absolute Gasteiger partial charge is 0.451 e. The van der Waals surface area contributed by atoms with E-state index in [1.165, 1.54) is 0 Å². The van der Waals surface area contributed by atoms with Gasteiger partial charge in [-0.15, -0.1) is 0 Å². The van der Waals surface area contributed by atoms with Crippen molar-refractivity contribution in [3.63, 3.8) is 0 Å². The van der Waals surface area contributed by atoms with Crippen molar-refractivity contribution in [2.45, 2.75) is 26.3 Å². The number of esters is 1. The molecule has 4 rings (SSSR count). The lowest BCUT2D eigenvalue weighted by Crippen LogP contribution is -2.37. The fourth-order valence-electron chi connectivity index (χ4n) is 3.80. The SMILES string of the molecule is Cc1cccc(NC(=O)NC(=O)COC(=O)C2=NN(c3ccccc3)C(c3ccccc3)C2)c1C. The van der Waals surface area contributed by atoms with Crippen molar-refractivity contribution in [3.05, 3.63) is 95.6 Å². The summed E-state index contributed by atoms with van der Waals surface area (Å²) in [5, 5.41) is 11.1. The van der Waals surface area contributed by atoms with Gasteiger partial charge in [0.15, 0.2) is 6.61 Å². The van der Waals surface area contributed by atoms with Gasteiger partial charge in [-0.25, -0.2) is 9.59 Å². The van der Waals surface area contributed by atoms with Crippen LogP contribution in [0.1, 0.15) is 29.2 Å². The van der Waals surface area contributed by atoms with Gasteiger partial charge in [0.2, 0.25) is 0 Å². The summed E-state index contributed by atoms with van der Waals surface area (Å²) in [5.74, 6) is -1.44. The molecule has 178 valence electrons. The highest BCUT2D eigenvalue weighted by molar-refractivity contribution is 6.37. The zero-order valence-corrected chi connectivity index (χ0v) is 19.5. The molecule has 3 aromatic rings. The molecule has 8 heteroatoms. The number of hydrazone groups is 1. The molecule has 3 aromatic carbocycles. The van der Waals surface area contributed by atoms with Crippen molar-refractivity contribution in [2.24, 2.45) is 5.10 Å². The van der Waals surface area contributed by atoms with Crippen LogP contribution in [0.5, 0.6) is 0 Å². The van der Waals surface area contributed by atoms with E-state index in [2.05, 4.69) is 15.7 Å². The Morgan fingerprint density at radius 1 is 0.943 bits per heavy atom. The van der Waals surface area contributed by atoms with E-state index in [-0.39, 0.29) is 11.8 Å². The van der Waals surface area contributed by atoms with Crippen LogP contribution in [0.15, 0.2) is 84.0 Å². The molecule has 0 fully saturated rings. The number of rotatable bonds is 6. The molecule has 1 heterocycles. The number of hydrogen-bond acceptors (Lipinski definition) is 6. The van der Waals surface area contributed by atoms with Crippen LogP contribution in [0.3, 0.4) is 0 Å². The lowest BCUT2D eigenvalue weighted by atomic mass is 10.0. The van der Waals surface area contributed by atoms with E-state index in [0.717, 1.165) is 22.4 Å². The Hall–Kier alpha value is -4.46. The van der Waals surface area contributed by atoms with Crippen molar-refractivity contribution < 1.29 is 19.1 Å². The van der Waals surface area contributed by atoms with Crippen LogP contribution < -0.4 is 15.6 Å². The summed E-state index contributed by atoms with van der Waals surface area (Å²) in [6.45, 7) is 3.20. The first-order valence-corrected chi connectivity index (χ1v) is 11.2. The molecule has 35 heavy (non-hydrogen) atoms. The van der Waals surface area contributed by atoms with Crippen LogP contribution >= 0.6 is 0 Å². The normalized spacial score (nSPS) is 14.7. The number of anilines is 2. The van der Waals surface area contributed by atoms with Crippen molar-refractivity contribution in [3.8, 4) is 0 Å². The number of para-hydroxylation sites is 1. The molecule has 0 aliphatic carbocycles. The third-order valence-electron chi connectivity index (χ3n) is 5.79. The number of ether oxygens (including phenoxy) is 1. The van der Waals surface area contributed by atoms with Crippen molar-refractivity contribution in [1.82, 2.24) is 5.32 Å². The van der Waals surface area contributed by atoms with E-state index in [9.17, 15) is 14.4 Å². The molecule has 2 N–H and O–H groups in total.